The molecule has 1 aromatic heterocycles. The van der Waals surface area contributed by atoms with E-state index in [4.69, 9.17) is 0 Å². The van der Waals surface area contributed by atoms with Gasteiger partial charge in [-0.3, -0.25) is 4.79 Å². The van der Waals surface area contributed by atoms with E-state index < -0.39 is 0 Å². The number of hydrogen-bond donors (Lipinski definition) is 1. The highest BCUT2D eigenvalue weighted by molar-refractivity contribution is 8.03. The summed E-state index contributed by atoms with van der Waals surface area (Å²) in [5, 5.41) is 11.4. The van der Waals surface area contributed by atoms with Crippen LogP contribution >= 0.6 is 34.9 Å². The van der Waals surface area contributed by atoms with E-state index in [0.29, 0.717) is 17.7 Å². The molecule has 2 atom stereocenters. The van der Waals surface area contributed by atoms with Gasteiger partial charge in [0.2, 0.25) is 5.91 Å². The molecule has 7 heteroatoms. The second-order valence-corrected chi connectivity index (χ2v) is 8.95. The molecule has 1 amide bonds. The van der Waals surface area contributed by atoms with E-state index in [1.165, 1.54) is 31.0 Å². The second-order valence-electron chi connectivity index (χ2n) is 5.41. The summed E-state index contributed by atoms with van der Waals surface area (Å²) in [6.07, 6.45) is 6.01. The Morgan fingerprint density at radius 3 is 2.71 bits per heavy atom. The van der Waals surface area contributed by atoms with Crippen LogP contribution in [0.15, 0.2) is 8.68 Å². The van der Waals surface area contributed by atoms with Crippen molar-refractivity contribution >= 4 is 40.8 Å². The molecule has 0 aliphatic heterocycles. The van der Waals surface area contributed by atoms with E-state index in [-0.39, 0.29) is 5.91 Å². The number of thioether (sulfide) groups is 2. The molecule has 0 saturated heterocycles. The van der Waals surface area contributed by atoms with Crippen LogP contribution in [0.5, 0.6) is 0 Å². The average Bonchev–Trinajstić information content (AvgIpc) is 2.93. The molecule has 4 nitrogen and oxygen atoms in total. The van der Waals surface area contributed by atoms with E-state index in [0.717, 1.165) is 27.3 Å². The SMILES string of the molecule is CCCSc1nnc(SCC(=O)N[C@H]2CCCC[C@H]2C)s1. The van der Waals surface area contributed by atoms with Gasteiger partial charge in [0.05, 0.1) is 5.75 Å². The Balaban J connectivity index is 1.71. The van der Waals surface area contributed by atoms with Crippen LogP contribution in [0.3, 0.4) is 0 Å². The molecule has 1 fully saturated rings. The molecule has 1 aliphatic carbocycles. The number of rotatable bonds is 7. The van der Waals surface area contributed by atoms with E-state index in [9.17, 15) is 4.79 Å². The normalized spacial score (nSPS) is 22.2. The first kappa shape index (κ1) is 17.1. The Morgan fingerprint density at radius 2 is 2.00 bits per heavy atom. The van der Waals surface area contributed by atoms with Crippen LogP contribution in [0.1, 0.15) is 46.0 Å². The van der Waals surface area contributed by atoms with Gasteiger partial charge in [0.15, 0.2) is 8.68 Å². The van der Waals surface area contributed by atoms with Gasteiger partial charge in [0, 0.05) is 11.8 Å². The summed E-state index contributed by atoms with van der Waals surface area (Å²) in [5.41, 5.74) is 0. The van der Waals surface area contributed by atoms with E-state index in [1.807, 2.05) is 0 Å². The summed E-state index contributed by atoms with van der Waals surface area (Å²) in [6.45, 7) is 4.39. The maximum Gasteiger partial charge on any atom is 0.230 e. The van der Waals surface area contributed by atoms with Crippen molar-refractivity contribution in [3.8, 4) is 0 Å². The lowest BCUT2D eigenvalue weighted by Crippen LogP contribution is -2.41. The summed E-state index contributed by atoms with van der Waals surface area (Å²) in [5.74, 6) is 2.23. The lowest BCUT2D eigenvalue weighted by Gasteiger charge is -2.29. The molecule has 2 rings (SSSR count). The smallest absolute Gasteiger partial charge is 0.230 e. The van der Waals surface area contributed by atoms with Gasteiger partial charge in [0.25, 0.3) is 0 Å². The first-order valence-corrected chi connectivity index (χ1v) is 10.4. The zero-order valence-corrected chi connectivity index (χ0v) is 15.1. The second kappa shape index (κ2) is 9.00. The number of carbonyl (C=O) groups is 1. The summed E-state index contributed by atoms with van der Waals surface area (Å²) >= 11 is 4.81. The topological polar surface area (TPSA) is 54.9 Å². The van der Waals surface area contributed by atoms with Gasteiger partial charge in [-0.25, -0.2) is 0 Å². The highest BCUT2D eigenvalue weighted by Gasteiger charge is 2.22. The van der Waals surface area contributed by atoms with Crippen molar-refractivity contribution in [1.29, 1.82) is 0 Å². The molecule has 0 aromatic carbocycles. The van der Waals surface area contributed by atoms with Crippen molar-refractivity contribution in [2.75, 3.05) is 11.5 Å². The van der Waals surface area contributed by atoms with Crippen molar-refractivity contribution < 1.29 is 4.79 Å². The number of hydrogen-bond acceptors (Lipinski definition) is 6. The first-order valence-electron chi connectivity index (χ1n) is 7.57. The van der Waals surface area contributed by atoms with Crippen molar-refractivity contribution in [2.45, 2.75) is 60.7 Å². The van der Waals surface area contributed by atoms with Gasteiger partial charge in [-0.05, 0) is 25.2 Å². The summed E-state index contributed by atoms with van der Waals surface area (Å²) in [4.78, 5) is 12.0. The highest BCUT2D eigenvalue weighted by Crippen LogP contribution is 2.29. The van der Waals surface area contributed by atoms with Crippen LogP contribution in [0, 0.1) is 5.92 Å². The lowest BCUT2D eigenvalue weighted by atomic mass is 9.86. The van der Waals surface area contributed by atoms with Crippen molar-refractivity contribution in [3.63, 3.8) is 0 Å². The van der Waals surface area contributed by atoms with Gasteiger partial charge in [-0.2, -0.15) is 0 Å². The van der Waals surface area contributed by atoms with Gasteiger partial charge in [-0.1, -0.05) is 61.5 Å². The molecular weight excluding hydrogens is 322 g/mol. The Hall–Kier alpha value is -0.270. The molecule has 1 saturated carbocycles. The third-order valence-corrected chi connectivity index (χ3v) is 7.00. The quantitative estimate of drug-likeness (QED) is 0.761. The molecule has 21 heavy (non-hydrogen) atoms. The van der Waals surface area contributed by atoms with E-state index in [2.05, 4.69) is 29.4 Å². The maximum absolute atomic E-state index is 12.0. The molecule has 118 valence electrons. The Morgan fingerprint density at radius 1 is 1.29 bits per heavy atom. The summed E-state index contributed by atoms with van der Waals surface area (Å²) < 4.78 is 1.89. The van der Waals surface area contributed by atoms with Gasteiger partial charge >= 0.3 is 0 Å². The molecule has 1 aromatic rings. The minimum atomic E-state index is 0.122. The van der Waals surface area contributed by atoms with E-state index in [1.54, 1.807) is 23.1 Å². The first-order chi connectivity index (χ1) is 10.2. The lowest BCUT2D eigenvalue weighted by molar-refractivity contribution is -0.119. The number of carbonyl (C=O) groups excluding carboxylic acids is 1. The van der Waals surface area contributed by atoms with Crippen LogP contribution in [-0.2, 0) is 4.79 Å². The third-order valence-electron chi connectivity index (χ3n) is 3.60. The molecule has 1 N–H and O–H groups in total. The minimum Gasteiger partial charge on any atom is -0.352 e. The average molecular weight is 346 g/mol. The molecule has 0 unspecified atom stereocenters. The highest BCUT2D eigenvalue weighted by atomic mass is 32.2. The predicted octanol–water partition coefficient (Wildman–Crippen LogP) is 3.83. The number of nitrogens with one attached hydrogen (secondary N) is 1. The number of amides is 1. The largest absolute Gasteiger partial charge is 0.352 e. The van der Waals surface area contributed by atoms with Crippen molar-refractivity contribution in [3.05, 3.63) is 0 Å². The fourth-order valence-corrected chi connectivity index (χ4v) is 5.17. The molecule has 0 spiro atoms. The van der Waals surface area contributed by atoms with Crippen LogP contribution in [0.25, 0.3) is 0 Å². The van der Waals surface area contributed by atoms with Gasteiger partial charge < -0.3 is 5.32 Å². The number of aromatic nitrogens is 2. The van der Waals surface area contributed by atoms with Crippen LogP contribution < -0.4 is 5.32 Å². The predicted molar refractivity (Wildman–Crippen MR) is 91.2 cm³/mol. The molecule has 1 aliphatic rings. The van der Waals surface area contributed by atoms with E-state index >= 15 is 0 Å². The zero-order valence-electron chi connectivity index (χ0n) is 12.6. The maximum atomic E-state index is 12.0. The Kier molecular flexibility index (Phi) is 7.33. The Labute approximate surface area is 139 Å². The van der Waals surface area contributed by atoms with Gasteiger partial charge in [-0.15, -0.1) is 10.2 Å². The number of nitrogens with zero attached hydrogens (tertiary/aromatic N) is 2. The van der Waals surface area contributed by atoms with Crippen molar-refractivity contribution in [2.24, 2.45) is 5.92 Å². The fourth-order valence-electron chi connectivity index (χ4n) is 2.41. The molecule has 0 bridgehead atoms. The zero-order chi connectivity index (χ0) is 15.1. The third kappa shape index (κ3) is 5.79. The van der Waals surface area contributed by atoms with Crippen molar-refractivity contribution in [1.82, 2.24) is 15.5 Å². The van der Waals surface area contributed by atoms with Crippen LogP contribution in [-0.4, -0.2) is 33.7 Å². The standard InChI is InChI=1S/C14H23N3OS3/c1-3-8-19-13-16-17-14(21-13)20-9-12(18)15-11-7-5-4-6-10(11)2/h10-11H,3-9H2,1-2H3,(H,15,18)/t10-,11+/m1/s1. The summed E-state index contributed by atoms with van der Waals surface area (Å²) in [7, 11) is 0. The minimum absolute atomic E-state index is 0.122. The fraction of sp³-hybridized carbons (Fsp3) is 0.786. The van der Waals surface area contributed by atoms with Crippen LogP contribution in [0.4, 0.5) is 0 Å². The Bertz CT molecular complexity index is 452. The monoisotopic (exact) mass is 345 g/mol. The van der Waals surface area contributed by atoms with Gasteiger partial charge in [0.1, 0.15) is 0 Å². The molecule has 1 heterocycles. The summed E-state index contributed by atoms with van der Waals surface area (Å²) in [6, 6.07) is 0.358. The van der Waals surface area contributed by atoms with Crippen LogP contribution in [0.2, 0.25) is 0 Å². The molecule has 0 radical (unpaired) electrons. The molecular formula is C14H23N3OS3.